The van der Waals surface area contributed by atoms with Crippen molar-refractivity contribution in [2.75, 3.05) is 0 Å². The second kappa shape index (κ2) is 5.52. The van der Waals surface area contributed by atoms with Gasteiger partial charge in [0.1, 0.15) is 0 Å². The second-order valence-corrected chi connectivity index (χ2v) is 5.63. The molecule has 106 valence electrons. The van der Waals surface area contributed by atoms with Gasteiger partial charge in [0.05, 0.1) is 11.2 Å². The molecule has 0 aliphatic rings. The molecular weight excluding hydrogens is 260 g/mol. The number of rotatable bonds is 3. The van der Waals surface area contributed by atoms with Crippen LogP contribution in [0.4, 0.5) is 0 Å². The first kappa shape index (κ1) is 13.6. The first-order valence-corrected chi connectivity index (χ1v) is 7.22. The molecule has 0 spiro atoms. The second-order valence-electron chi connectivity index (χ2n) is 5.63. The average molecular weight is 278 g/mol. The lowest BCUT2D eigenvalue weighted by atomic mass is 10.1. The summed E-state index contributed by atoms with van der Waals surface area (Å²) in [5.41, 5.74) is 2.50. The highest BCUT2D eigenvalue weighted by atomic mass is 16.1. The fourth-order valence-electron chi connectivity index (χ4n) is 2.59. The molecule has 0 bridgehead atoms. The van der Waals surface area contributed by atoms with Crippen LogP contribution >= 0.6 is 0 Å². The molecule has 0 atom stereocenters. The molecule has 0 aliphatic heterocycles. The summed E-state index contributed by atoms with van der Waals surface area (Å²) in [5.74, 6) is 0.399. The number of hydrogen-bond donors (Lipinski definition) is 0. The van der Waals surface area contributed by atoms with Gasteiger partial charge in [-0.3, -0.25) is 4.57 Å². The van der Waals surface area contributed by atoms with E-state index in [1.165, 1.54) is 0 Å². The van der Waals surface area contributed by atoms with E-state index in [4.69, 9.17) is 0 Å². The number of aromatic nitrogens is 2. The van der Waals surface area contributed by atoms with Crippen LogP contribution in [0.2, 0.25) is 0 Å². The zero-order chi connectivity index (χ0) is 14.8. The molecule has 0 fully saturated rings. The van der Waals surface area contributed by atoms with Crippen LogP contribution in [0.1, 0.15) is 13.8 Å². The molecular formula is C18H18N2O. The Balaban J connectivity index is 2.32. The van der Waals surface area contributed by atoms with Crippen molar-refractivity contribution in [3.8, 4) is 11.3 Å². The van der Waals surface area contributed by atoms with Crippen LogP contribution in [0.25, 0.3) is 22.2 Å². The van der Waals surface area contributed by atoms with Crippen molar-refractivity contribution in [3.63, 3.8) is 0 Å². The number of hydrogen-bond acceptors (Lipinski definition) is 2. The minimum absolute atomic E-state index is 0.179. The predicted octanol–water partition coefficient (Wildman–Crippen LogP) is 3.72. The quantitative estimate of drug-likeness (QED) is 0.732. The van der Waals surface area contributed by atoms with Crippen molar-refractivity contribution >= 4 is 10.9 Å². The van der Waals surface area contributed by atoms with Gasteiger partial charge in [-0.05, 0) is 12.0 Å². The van der Waals surface area contributed by atoms with E-state index in [2.05, 4.69) is 18.8 Å². The number of benzene rings is 2. The van der Waals surface area contributed by atoms with Crippen LogP contribution < -0.4 is 5.69 Å². The Morgan fingerprint density at radius 3 is 2.38 bits per heavy atom. The van der Waals surface area contributed by atoms with E-state index in [0.717, 1.165) is 22.2 Å². The summed E-state index contributed by atoms with van der Waals surface area (Å²) in [6.07, 6.45) is 0. The summed E-state index contributed by atoms with van der Waals surface area (Å²) < 4.78 is 1.77. The summed E-state index contributed by atoms with van der Waals surface area (Å²) >= 11 is 0. The monoisotopic (exact) mass is 278 g/mol. The van der Waals surface area contributed by atoms with Crippen LogP contribution in [-0.2, 0) is 6.54 Å². The van der Waals surface area contributed by atoms with Crippen molar-refractivity contribution in [2.24, 2.45) is 5.92 Å². The van der Waals surface area contributed by atoms with Crippen LogP contribution in [0.15, 0.2) is 59.4 Å². The molecule has 3 aromatic rings. The third-order valence-corrected chi connectivity index (χ3v) is 3.48. The van der Waals surface area contributed by atoms with E-state index in [-0.39, 0.29) is 5.69 Å². The van der Waals surface area contributed by atoms with Gasteiger partial charge in [-0.1, -0.05) is 62.4 Å². The normalized spacial score (nSPS) is 11.2. The lowest BCUT2D eigenvalue weighted by molar-refractivity contribution is 0.517. The first-order valence-electron chi connectivity index (χ1n) is 7.22. The third-order valence-electron chi connectivity index (χ3n) is 3.48. The Kier molecular flexibility index (Phi) is 3.57. The molecule has 2 aromatic carbocycles. The third kappa shape index (κ3) is 2.59. The molecule has 0 unspecified atom stereocenters. The molecule has 3 nitrogen and oxygen atoms in total. The molecule has 1 heterocycles. The van der Waals surface area contributed by atoms with Crippen molar-refractivity contribution in [1.29, 1.82) is 0 Å². The Morgan fingerprint density at radius 2 is 1.67 bits per heavy atom. The molecule has 0 radical (unpaired) electrons. The van der Waals surface area contributed by atoms with Gasteiger partial charge in [-0.15, -0.1) is 0 Å². The summed E-state index contributed by atoms with van der Waals surface area (Å²) in [6, 6.07) is 17.8. The van der Waals surface area contributed by atoms with Gasteiger partial charge in [0.25, 0.3) is 0 Å². The van der Waals surface area contributed by atoms with Crippen LogP contribution in [0, 0.1) is 5.92 Å². The minimum Gasteiger partial charge on any atom is -0.292 e. The standard InChI is InChI=1S/C18H18N2O/c1-13(2)12-20-16-11-7-6-10-15(16)17(19-18(20)21)14-8-4-3-5-9-14/h3-11,13H,12H2,1-2H3. The molecule has 3 heteroatoms. The predicted molar refractivity (Wildman–Crippen MR) is 86.3 cm³/mol. The molecule has 0 saturated carbocycles. The molecule has 0 N–H and O–H groups in total. The van der Waals surface area contributed by atoms with Crippen LogP contribution in [-0.4, -0.2) is 9.55 Å². The summed E-state index contributed by atoms with van der Waals surface area (Å²) in [4.78, 5) is 16.7. The zero-order valence-electron chi connectivity index (χ0n) is 12.3. The fraction of sp³-hybridized carbons (Fsp3) is 0.222. The van der Waals surface area contributed by atoms with Gasteiger partial charge in [-0.2, -0.15) is 4.98 Å². The van der Waals surface area contributed by atoms with Crippen molar-refractivity contribution in [3.05, 3.63) is 65.1 Å². The Morgan fingerprint density at radius 1 is 1.00 bits per heavy atom. The smallest absolute Gasteiger partial charge is 0.292 e. The largest absolute Gasteiger partial charge is 0.348 e. The lowest BCUT2D eigenvalue weighted by Crippen LogP contribution is -2.26. The maximum Gasteiger partial charge on any atom is 0.348 e. The molecule has 0 saturated heterocycles. The van der Waals surface area contributed by atoms with E-state index in [0.29, 0.717) is 12.5 Å². The van der Waals surface area contributed by atoms with Crippen molar-refractivity contribution in [1.82, 2.24) is 9.55 Å². The summed E-state index contributed by atoms with van der Waals surface area (Å²) in [6.45, 7) is 4.89. The lowest BCUT2D eigenvalue weighted by Gasteiger charge is -2.14. The van der Waals surface area contributed by atoms with E-state index < -0.39 is 0 Å². The van der Waals surface area contributed by atoms with Gasteiger partial charge in [0, 0.05) is 17.5 Å². The zero-order valence-corrected chi connectivity index (χ0v) is 12.3. The average Bonchev–Trinajstić information content (AvgIpc) is 2.50. The van der Waals surface area contributed by atoms with Gasteiger partial charge in [0.15, 0.2) is 0 Å². The number of nitrogens with zero attached hydrogens (tertiary/aromatic N) is 2. The van der Waals surface area contributed by atoms with Crippen molar-refractivity contribution in [2.45, 2.75) is 20.4 Å². The minimum atomic E-state index is -0.179. The van der Waals surface area contributed by atoms with Crippen molar-refractivity contribution < 1.29 is 0 Å². The Labute approximate surface area is 123 Å². The Bertz CT molecular complexity index is 819. The SMILES string of the molecule is CC(C)Cn1c(=O)nc(-c2ccccc2)c2ccccc21. The molecule has 3 rings (SSSR count). The molecule has 0 amide bonds. The first-order chi connectivity index (χ1) is 10.2. The highest BCUT2D eigenvalue weighted by Gasteiger charge is 2.12. The van der Waals surface area contributed by atoms with Gasteiger partial charge >= 0.3 is 5.69 Å². The fourth-order valence-corrected chi connectivity index (χ4v) is 2.59. The van der Waals surface area contributed by atoms with Gasteiger partial charge < -0.3 is 0 Å². The van der Waals surface area contributed by atoms with Gasteiger partial charge in [-0.25, -0.2) is 4.79 Å². The highest BCUT2D eigenvalue weighted by Crippen LogP contribution is 2.25. The summed E-state index contributed by atoms with van der Waals surface area (Å²) in [5, 5.41) is 1.02. The van der Waals surface area contributed by atoms with Crippen LogP contribution in [0.3, 0.4) is 0 Å². The topological polar surface area (TPSA) is 34.9 Å². The summed E-state index contributed by atoms with van der Waals surface area (Å²) in [7, 11) is 0. The number of para-hydroxylation sites is 1. The highest BCUT2D eigenvalue weighted by molar-refractivity contribution is 5.92. The van der Waals surface area contributed by atoms with E-state index in [1.54, 1.807) is 4.57 Å². The molecule has 0 aliphatic carbocycles. The maximum absolute atomic E-state index is 12.4. The maximum atomic E-state index is 12.4. The van der Waals surface area contributed by atoms with E-state index in [9.17, 15) is 4.79 Å². The number of fused-ring (bicyclic) bond motifs is 1. The van der Waals surface area contributed by atoms with E-state index >= 15 is 0 Å². The van der Waals surface area contributed by atoms with E-state index in [1.807, 2.05) is 54.6 Å². The van der Waals surface area contributed by atoms with Gasteiger partial charge in [0.2, 0.25) is 0 Å². The molecule has 21 heavy (non-hydrogen) atoms. The molecule has 1 aromatic heterocycles. The van der Waals surface area contributed by atoms with Crippen LogP contribution in [0.5, 0.6) is 0 Å². The Hall–Kier alpha value is -2.42.